The standard InChI is InChI=1S/C18H19F3N4O2/c1-25(12-18(19,20)21)16(26)11-23-17(22)24-13-6-5-9-15(10-13)27-14-7-3-2-4-8-14/h2-10H,11-12H2,1H3,(H3,22,23,24). The van der Waals surface area contributed by atoms with Gasteiger partial charge in [-0.05, 0) is 24.3 Å². The fraction of sp³-hybridized carbons (Fsp3) is 0.222. The molecule has 2 aromatic carbocycles. The molecule has 2 rings (SSSR count). The summed E-state index contributed by atoms with van der Waals surface area (Å²) in [6, 6.07) is 16.0. The van der Waals surface area contributed by atoms with Crippen molar-refractivity contribution in [2.45, 2.75) is 6.18 Å². The van der Waals surface area contributed by atoms with Crippen LogP contribution in [0.3, 0.4) is 0 Å². The van der Waals surface area contributed by atoms with Crippen LogP contribution in [-0.4, -0.2) is 43.1 Å². The van der Waals surface area contributed by atoms with E-state index in [9.17, 15) is 18.0 Å². The van der Waals surface area contributed by atoms with Crippen LogP contribution in [0.1, 0.15) is 0 Å². The maximum absolute atomic E-state index is 12.3. The van der Waals surface area contributed by atoms with Crippen molar-refractivity contribution >= 4 is 17.6 Å². The van der Waals surface area contributed by atoms with E-state index in [1.54, 1.807) is 36.4 Å². The predicted octanol–water partition coefficient (Wildman–Crippen LogP) is 3.23. The third-order valence-electron chi connectivity index (χ3n) is 3.31. The van der Waals surface area contributed by atoms with Crippen molar-refractivity contribution in [2.75, 3.05) is 25.5 Å². The first-order chi connectivity index (χ1) is 12.7. The quantitative estimate of drug-likeness (QED) is 0.596. The second-order valence-electron chi connectivity index (χ2n) is 5.63. The van der Waals surface area contributed by atoms with Gasteiger partial charge in [0.25, 0.3) is 0 Å². The molecule has 0 heterocycles. The van der Waals surface area contributed by atoms with E-state index in [1.807, 2.05) is 18.2 Å². The molecular formula is C18H19F3N4O2. The Balaban J connectivity index is 1.93. The molecule has 0 unspecified atom stereocenters. The van der Waals surface area contributed by atoms with Crippen LogP contribution in [0, 0.1) is 0 Å². The summed E-state index contributed by atoms with van der Waals surface area (Å²) in [5.41, 5.74) is 6.25. The zero-order valence-electron chi connectivity index (χ0n) is 14.5. The average Bonchev–Trinajstić information content (AvgIpc) is 2.59. The molecule has 0 saturated carbocycles. The Morgan fingerprint density at radius 3 is 2.48 bits per heavy atom. The highest BCUT2D eigenvalue weighted by molar-refractivity contribution is 5.94. The van der Waals surface area contributed by atoms with Gasteiger partial charge in [-0.2, -0.15) is 13.2 Å². The number of para-hydroxylation sites is 1. The van der Waals surface area contributed by atoms with Crippen molar-refractivity contribution in [3.63, 3.8) is 0 Å². The van der Waals surface area contributed by atoms with Crippen molar-refractivity contribution in [3.05, 3.63) is 54.6 Å². The lowest BCUT2D eigenvalue weighted by molar-refractivity contribution is -0.157. The first kappa shape index (κ1) is 20.1. The molecule has 0 radical (unpaired) electrons. The van der Waals surface area contributed by atoms with Crippen molar-refractivity contribution in [1.82, 2.24) is 4.90 Å². The molecular weight excluding hydrogens is 361 g/mol. The summed E-state index contributed by atoms with van der Waals surface area (Å²) in [5.74, 6) is 0.327. The molecule has 0 atom stereocenters. The number of hydrogen-bond acceptors (Lipinski definition) is 3. The van der Waals surface area contributed by atoms with Gasteiger partial charge in [-0.15, -0.1) is 0 Å². The highest BCUT2D eigenvalue weighted by Crippen LogP contribution is 2.23. The number of carbonyl (C=O) groups is 1. The number of alkyl halides is 3. The minimum absolute atomic E-state index is 0.0966. The SMILES string of the molecule is CN(CC(F)(F)F)C(=O)CN=C(N)Nc1cccc(Oc2ccccc2)c1. The van der Waals surface area contributed by atoms with Gasteiger partial charge in [0.1, 0.15) is 24.6 Å². The minimum Gasteiger partial charge on any atom is -0.457 e. The van der Waals surface area contributed by atoms with Crippen LogP contribution in [0.25, 0.3) is 0 Å². The topological polar surface area (TPSA) is 80.0 Å². The van der Waals surface area contributed by atoms with Crippen LogP contribution in [0.4, 0.5) is 18.9 Å². The number of nitrogens with zero attached hydrogens (tertiary/aromatic N) is 2. The van der Waals surface area contributed by atoms with Crippen LogP contribution in [0.15, 0.2) is 59.6 Å². The lowest BCUT2D eigenvalue weighted by Crippen LogP contribution is -2.37. The molecule has 0 fully saturated rings. The Hall–Kier alpha value is -3.23. The van der Waals surface area contributed by atoms with Crippen LogP contribution < -0.4 is 15.8 Å². The number of nitrogens with two attached hydrogens (primary N) is 1. The molecule has 0 aliphatic rings. The summed E-state index contributed by atoms with van der Waals surface area (Å²) in [7, 11) is 1.05. The van der Waals surface area contributed by atoms with Gasteiger partial charge in [0, 0.05) is 18.8 Å². The van der Waals surface area contributed by atoms with E-state index in [0.29, 0.717) is 22.1 Å². The zero-order valence-corrected chi connectivity index (χ0v) is 14.5. The van der Waals surface area contributed by atoms with Crippen molar-refractivity contribution in [1.29, 1.82) is 0 Å². The number of rotatable bonds is 6. The molecule has 2 aromatic rings. The predicted molar refractivity (Wildman–Crippen MR) is 96.8 cm³/mol. The van der Waals surface area contributed by atoms with Crippen molar-refractivity contribution in [2.24, 2.45) is 10.7 Å². The molecule has 9 heteroatoms. The van der Waals surface area contributed by atoms with Gasteiger partial charge in [0.15, 0.2) is 5.96 Å². The van der Waals surface area contributed by atoms with Gasteiger partial charge in [-0.1, -0.05) is 24.3 Å². The van der Waals surface area contributed by atoms with E-state index in [0.717, 1.165) is 7.05 Å². The molecule has 0 saturated heterocycles. The monoisotopic (exact) mass is 380 g/mol. The molecule has 6 nitrogen and oxygen atoms in total. The van der Waals surface area contributed by atoms with E-state index in [-0.39, 0.29) is 5.96 Å². The third-order valence-corrected chi connectivity index (χ3v) is 3.31. The van der Waals surface area contributed by atoms with Gasteiger partial charge in [-0.3, -0.25) is 4.79 Å². The van der Waals surface area contributed by atoms with Crippen LogP contribution in [0.5, 0.6) is 11.5 Å². The summed E-state index contributed by atoms with van der Waals surface area (Å²) in [5, 5.41) is 2.77. The van der Waals surface area contributed by atoms with Gasteiger partial charge in [0.2, 0.25) is 5.91 Å². The molecule has 27 heavy (non-hydrogen) atoms. The number of benzene rings is 2. The average molecular weight is 380 g/mol. The number of hydrogen-bond donors (Lipinski definition) is 2. The largest absolute Gasteiger partial charge is 0.457 e. The highest BCUT2D eigenvalue weighted by atomic mass is 19.4. The van der Waals surface area contributed by atoms with Crippen molar-refractivity contribution in [3.8, 4) is 11.5 Å². The number of likely N-dealkylation sites (N-methyl/N-ethyl adjacent to an activating group) is 1. The summed E-state index contributed by atoms with van der Waals surface area (Å²) in [6.07, 6.45) is -4.46. The third kappa shape index (κ3) is 7.27. The number of amides is 1. The summed E-state index contributed by atoms with van der Waals surface area (Å²) < 4.78 is 42.5. The fourth-order valence-corrected chi connectivity index (χ4v) is 2.08. The van der Waals surface area contributed by atoms with Gasteiger partial charge in [-0.25, -0.2) is 4.99 Å². The highest BCUT2D eigenvalue weighted by Gasteiger charge is 2.30. The smallest absolute Gasteiger partial charge is 0.406 e. The van der Waals surface area contributed by atoms with E-state index in [1.165, 1.54) is 0 Å². The Labute approximate surface area is 154 Å². The molecule has 0 aliphatic carbocycles. The first-order valence-corrected chi connectivity index (χ1v) is 7.93. The van der Waals surface area contributed by atoms with Gasteiger partial charge >= 0.3 is 6.18 Å². The van der Waals surface area contributed by atoms with E-state index in [2.05, 4.69) is 10.3 Å². The number of nitrogens with one attached hydrogen (secondary N) is 1. The molecule has 0 spiro atoms. The minimum atomic E-state index is -4.46. The van der Waals surface area contributed by atoms with Crippen LogP contribution in [-0.2, 0) is 4.79 Å². The number of ether oxygens (including phenoxy) is 1. The first-order valence-electron chi connectivity index (χ1n) is 7.93. The maximum Gasteiger partial charge on any atom is 0.406 e. The molecule has 0 aromatic heterocycles. The van der Waals surface area contributed by atoms with E-state index < -0.39 is 25.2 Å². The normalized spacial score (nSPS) is 11.8. The lowest BCUT2D eigenvalue weighted by atomic mass is 10.3. The van der Waals surface area contributed by atoms with E-state index >= 15 is 0 Å². The number of carbonyl (C=O) groups excluding carboxylic acids is 1. The zero-order chi connectivity index (χ0) is 19.9. The Kier molecular flexibility index (Phi) is 6.64. The summed E-state index contributed by atoms with van der Waals surface area (Å²) >= 11 is 0. The molecule has 1 amide bonds. The molecule has 0 bridgehead atoms. The summed E-state index contributed by atoms with van der Waals surface area (Å²) in [6.45, 7) is -1.83. The number of aliphatic imine (C=N–C) groups is 1. The van der Waals surface area contributed by atoms with Crippen molar-refractivity contribution < 1.29 is 22.7 Å². The fourth-order valence-electron chi connectivity index (χ4n) is 2.08. The van der Waals surface area contributed by atoms with Crippen LogP contribution in [0.2, 0.25) is 0 Å². The van der Waals surface area contributed by atoms with E-state index in [4.69, 9.17) is 10.5 Å². The van der Waals surface area contributed by atoms with Gasteiger partial charge < -0.3 is 20.7 Å². The van der Waals surface area contributed by atoms with Crippen LogP contribution >= 0.6 is 0 Å². The van der Waals surface area contributed by atoms with Gasteiger partial charge in [0.05, 0.1) is 0 Å². The number of halogens is 3. The lowest BCUT2D eigenvalue weighted by Gasteiger charge is -2.18. The Morgan fingerprint density at radius 1 is 1.15 bits per heavy atom. The molecule has 3 N–H and O–H groups in total. The second-order valence-corrected chi connectivity index (χ2v) is 5.63. The number of anilines is 1. The number of guanidine groups is 1. The molecule has 144 valence electrons. The Morgan fingerprint density at radius 2 is 1.81 bits per heavy atom. The Bertz CT molecular complexity index is 795. The maximum atomic E-state index is 12.3. The summed E-state index contributed by atoms with van der Waals surface area (Å²) in [4.78, 5) is 16.0. The molecule has 0 aliphatic heterocycles. The second kappa shape index (κ2) is 8.93.